The predicted molar refractivity (Wildman–Crippen MR) is 121 cm³/mol. The fourth-order valence-corrected chi connectivity index (χ4v) is 3.92. The summed E-state index contributed by atoms with van der Waals surface area (Å²) in [6.45, 7) is -0.435. The third-order valence-corrected chi connectivity index (χ3v) is 7.28. The van der Waals surface area contributed by atoms with E-state index in [-0.39, 0.29) is 6.61 Å². The van der Waals surface area contributed by atoms with Crippen LogP contribution in [0.1, 0.15) is 5.56 Å². The molecule has 0 N–H and O–H groups in total. The highest BCUT2D eigenvalue weighted by atomic mass is 127. The smallest absolute Gasteiger partial charge is 0.334 e. The molecule has 1 aliphatic rings. The number of hydrogen-bond acceptors (Lipinski definition) is 7. The van der Waals surface area contributed by atoms with Crippen LogP contribution in [0.15, 0.2) is 43.1 Å². The lowest BCUT2D eigenvalue weighted by molar-refractivity contribution is -0.166. The lowest BCUT2D eigenvalue weighted by Crippen LogP contribution is -2.70. The molecular weight excluding hydrogens is 630 g/mol. The molecule has 0 saturated carbocycles. The van der Waals surface area contributed by atoms with E-state index >= 15 is 0 Å². The first-order valence-electron chi connectivity index (χ1n) is 8.06. The first-order valence-corrected chi connectivity index (χ1v) is 12.2. The summed E-state index contributed by atoms with van der Waals surface area (Å²) < 4.78 is 34.9. The number of carbonyl (C=O) groups excluding carboxylic acids is 2. The highest BCUT2D eigenvalue weighted by molar-refractivity contribution is 14.1. The maximum absolute atomic E-state index is 12.8. The van der Waals surface area contributed by atoms with E-state index in [0.29, 0.717) is 3.58 Å². The Morgan fingerprint density at radius 3 is 2.62 bits per heavy atom. The first-order chi connectivity index (χ1) is 13.7. The Balaban J connectivity index is 2.24. The molecule has 0 bridgehead atoms. The summed E-state index contributed by atoms with van der Waals surface area (Å²) in [5, 5.41) is 3.40. The molecule has 3 atom stereocenters. The molecule has 1 saturated heterocycles. The second-order valence-corrected chi connectivity index (χ2v) is 9.45. The maximum atomic E-state index is 12.8. The molecule has 29 heavy (non-hydrogen) atoms. The molecule has 0 aromatic heterocycles. The predicted octanol–water partition coefficient (Wildman–Crippen LogP) is 2.68. The Morgan fingerprint density at radius 1 is 1.41 bits per heavy atom. The standard InChI is InChI=1S/C16H16I2N4O6S/c1-29(25,26)28-9-12-13(20-21-19)15(23)22(12)14(11(18)7-17)16(24)27-8-10-5-3-2-4-6-10/h2-7,12-14H,8-9H2,1H3/t12-,13+,14?/m1/s1. The van der Waals surface area contributed by atoms with Crippen LogP contribution in [0, 0.1) is 0 Å². The zero-order chi connectivity index (χ0) is 21.6. The number of carbonyl (C=O) groups is 2. The largest absolute Gasteiger partial charge is 0.459 e. The number of β-lactam (4-membered cyclic amide) rings is 1. The molecule has 0 aliphatic carbocycles. The van der Waals surface area contributed by atoms with Crippen LogP contribution < -0.4 is 0 Å². The molecule has 2 rings (SSSR count). The van der Waals surface area contributed by atoms with Gasteiger partial charge in [0.25, 0.3) is 10.1 Å². The third kappa shape index (κ3) is 6.28. The molecule has 1 aliphatic heterocycles. The second kappa shape index (κ2) is 10.6. The van der Waals surface area contributed by atoms with E-state index in [1.807, 2.05) is 51.2 Å². The van der Waals surface area contributed by atoms with Gasteiger partial charge in [-0.15, -0.1) is 0 Å². The summed E-state index contributed by atoms with van der Waals surface area (Å²) >= 11 is 3.82. The summed E-state index contributed by atoms with van der Waals surface area (Å²) in [6, 6.07) is 5.81. The van der Waals surface area contributed by atoms with E-state index in [0.717, 1.165) is 16.7 Å². The average Bonchev–Trinajstić information content (AvgIpc) is 2.69. The van der Waals surface area contributed by atoms with Crippen molar-refractivity contribution in [3.63, 3.8) is 0 Å². The highest BCUT2D eigenvalue weighted by Gasteiger charge is 2.53. The quantitative estimate of drug-likeness (QED) is 0.0770. The maximum Gasteiger partial charge on any atom is 0.334 e. The summed E-state index contributed by atoms with van der Waals surface area (Å²) in [5.74, 6) is -1.30. The van der Waals surface area contributed by atoms with Gasteiger partial charge in [0.2, 0.25) is 5.91 Å². The Labute approximate surface area is 194 Å². The van der Waals surface area contributed by atoms with Gasteiger partial charge in [-0.1, -0.05) is 58.0 Å². The van der Waals surface area contributed by atoms with Crippen molar-refractivity contribution in [2.75, 3.05) is 12.9 Å². The van der Waals surface area contributed by atoms with Gasteiger partial charge in [-0.05, 0) is 37.8 Å². The van der Waals surface area contributed by atoms with Gasteiger partial charge in [-0.25, -0.2) is 4.79 Å². The minimum Gasteiger partial charge on any atom is -0.459 e. The number of rotatable bonds is 9. The molecular formula is C16H16I2N4O6S. The van der Waals surface area contributed by atoms with Crippen molar-refractivity contribution in [1.29, 1.82) is 0 Å². The lowest BCUT2D eigenvalue weighted by Gasteiger charge is -2.47. The SMILES string of the molecule is CS(=O)(=O)OC[C@@H]1[C@H](N=[N+]=[N-])C(=O)N1C(C(=O)OCc1ccccc1)C(I)=CI. The fourth-order valence-electron chi connectivity index (χ4n) is 2.64. The van der Waals surface area contributed by atoms with E-state index in [1.165, 1.54) is 0 Å². The van der Waals surface area contributed by atoms with Crippen LogP contribution in [0.25, 0.3) is 10.4 Å². The van der Waals surface area contributed by atoms with E-state index in [2.05, 4.69) is 10.0 Å². The third-order valence-electron chi connectivity index (χ3n) is 3.95. The van der Waals surface area contributed by atoms with Gasteiger partial charge in [0.1, 0.15) is 12.6 Å². The van der Waals surface area contributed by atoms with Crippen LogP contribution in [0.2, 0.25) is 0 Å². The van der Waals surface area contributed by atoms with E-state index in [4.69, 9.17) is 14.5 Å². The molecule has 0 spiro atoms. The number of amides is 1. The number of esters is 1. The van der Waals surface area contributed by atoms with Crippen molar-refractivity contribution in [3.05, 3.63) is 54.0 Å². The molecule has 1 aromatic rings. The number of benzene rings is 1. The molecule has 1 fully saturated rings. The van der Waals surface area contributed by atoms with Crippen LogP contribution >= 0.6 is 45.2 Å². The van der Waals surface area contributed by atoms with E-state index < -0.39 is 46.7 Å². The minimum absolute atomic E-state index is 0.00759. The summed E-state index contributed by atoms with van der Waals surface area (Å²) in [5.41, 5.74) is 9.46. The van der Waals surface area contributed by atoms with Crippen molar-refractivity contribution in [2.24, 2.45) is 5.11 Å². The van der Waals surface area contributed by atoms with Crippen molar-refractivity contribution >= 4 is 67.2 Å². The molecule has 1 amide bonds. The Bertz CT molecular complexity index is 949. The lowest BCUT2D eigenvalue weighted by atomic mass is 9.93. The van der Waals surface area contributed by atoms with Gasteiger partial charge < -0.3 is 9.64 Å². The fraction of sp³-hybridized carbons (Fsp3) is 0.375. The number of hydrogen-bond donors (Lipinski definition) is 0. The van der Waals surface area contributed by atoms with Gasteiger partial charge in [0.15, 0.2) is 6.04 Å². The second-order valence-electron chi connectivity index (χ2n) is 5.94. The van der Waals surface area contributed by atoms with Crippen LogP contribution in [-0.4, -0.2) is 56.2 Å². The van der Waals surface area contributed by atoms with Crippen LogP contribution in [0.3, 0.4) is 0 Å². The van der Waals surface area contributed by atoms with Crippen molar-refractivity contribution in [3.8, 4) is 0 Å². The van der Waals surface area contributed by atoms with E-state index in [1.54, 1.807) is 28.3 Å². The molecule has 13 heteroatoms. The molecule has 1 aromatic carbocycles. The van der Waals surface area contributed by atoms with Gasteiger partial charge in [0.05, 0.1) is 18.9 Å². The van der Waals surface area contributed by atoms with Gasteiger partial charge >= 0.3 is 5.97 Å². The minimum atomic E-state index is -3.80. The highest BCUT2D eigenvalue weighted by Crippen LogP contribution is 2.33. The summed E-state index contributed by atoms with van der Waals surface area (Å²) in [7, 11) is -3.80. The molecule has 1 unspecified atom stereocenters. The summed E-state index contributed by atoms with van der Waals surface area (Å²) in [6.07, 6.45) is 0.862. The molecule has 10 nitrogen and oxygen atoms in total. The van der Waals surface area contributed by atoms with Crippen molar-refractivity contribution in [2.45, 2.75) is 24.7 Å². The van der Waals surface area contributed by atoms with Crippen LogP contribution in [0.4, 0.5) is 0 Å². The number of ether oxygens (including phenoxy) is 1. The Kier molecular flexibility index (Phi) is 8.69. The zero-order valence-corrected chi connectivity index (χ0v) is 20.1. The first kappa shape index (κ1) is 23.9. The van der Waals surface area contributed by atoms with E-state index in [9.17, 15) is 18.0 Å². The van der Waals surface area contributed by atoms with Crippen molar-refractivity contribution < 1.29 is 26.9 Å². The number of halogens is 2. The van der Waals surface area contributed by atoms with Gasteiger partial charge in [-0.3, -0.25) is 8.98 Å². The number of azide groups is 1. The number of nitrogens with zero attached hydrogens (tertiary/aromatic N) is 4. The van der Waals surface area contributed by atoms with Crippen molar-refractivity contribution in [1.82, 2.24) is 4.90 Å². The normalized spacial score (nSPS) is 20.4. The topological polar surface area (TPSA) is 139 Å². The molecule has 156 valence electrons. The zero-order valence-electron chi connectivity index (χ0n) is 15.0. The monoisotopic (exact) mass is 646 g/mol. The van der Waals surface area contributed by atoms with Crippen LogP contribution in [-0.2, 0) is 35.2 Å². The molecule has 1 heterocycles. The average molecular weight is 646 g/mol. The Morgan fingerprint density at radius 2 is 2.07 bits per heavy atom. The van der Waals surface area contributed by atoms with Crippen LogP contribution in [0.5, 0.6) is 0 Å². The van der Waals surface area contributed by atoms with Gasteiger partial charge in [-0.2, -0.15) is 8.42 Å². The number of likely N-dealkylation sites (tertiary alicyclic amines) is 1. The molecule has 0 radical (unpaired) electrons. The Hall–Kier alpha value is -1.42. The van der Waals surface area contributed by atoms with Gasteiger partial charge in [0, 0.05) is 8.49 Å². The summed E-state index contributed by atoms with van der Waals surface area (Å²) in [4.78, 5) is 29.1.